The van der Waals surface area contributed by atoms with Gasteiger partial charge < -0.3 is 0 Å². The molecule has 0 saturated heterocycles. The highest BCUT2D eigenvalue weighted by atomic mass is 32.2. The molecule has 0 rings (SSSR count). The SMILES string of the molecule is CC/C=C/CCCSC. The second-order valence-corrected chi connectivity index (χ2v) is 3.00. The molecule has 0 bridgehead atoms. The predicted octanol–water partition coefficient (Wildman–Crippen LogP) is 3.10. The Balaban J connectivity index is 2.82. The van der Waals surface area contributed by atoms with Crippen molar-refractivity contribution in [3.63, 3.8) is 0 Å². The summed E-state index contributed by atoms with van der Waals surface area (Å²) >= 11 is 1.93. The highest BCUT2D eigenvalue weighted by Gasteiger charge is 1.79. The number of hydrogen-bond acceptors (Lipinski definition) is 1. The van der Waals surface area contributed by atoms with Crippen LogP contribution in [0.4, 0.5) is 0 Å². The third-order valence-electron chi connectivity index (χ3n) is 1.12. The molecule has 0 spiro atoms. The van der Waals surface area contributed by atoms with Gasteiger partial charge in [0.2, 0.25) is 0 Å². The Kier molecular flexibility index (Phi) is 8.17. The van der Waals surface area contributed by atoms with Crippen LogP contribution in [0.15, 0.2) is 12.2 Å². The van der Waals surface area contributed by atoms with Crippen molar-refractivity contribution in [3.8, 4) is 0 Å². The summed E-state index contributed by atoms with van der Waals surface area (Å²) in [6, 6.07) is 0. The molecule has 0 aromatic carbocycles. The van der Waals surface area contributed by atoms with Crippen molar-refractivity contribution < 1.29 is 0 Å². The normalized spacial score (nSPS) is 10.9. The van der Waals surface area contributed by atoms with Gasteiger partial charge >= 0.3 is 0 Å². The summed E-state index contributed by atoms with van der Waals surface area (Å²) in [7, 11) is 0. The standard InChI is InChI=1S/C8H16S/c1-3-4-5-6-7-8-9-2/h4-5H,3,6-8H2,1-2H3/b5-4+. The lowest BCUT2D eigenvalue weighted by Crippen LogP contribution is -1.74. The number of unbranched alkanes of at least 4 members (excludes halogenated alkanes) is 1. The van der Waals surface area contributed by atoms with Crippen LogP contribution in [-0.2, 0) is 0 Å². The summed E-state index contributed by atoms with van der Waals surface area (Å²) in [6.45, 7) is 2.17. The molecular formula is C8H16S. The van der Waals surface area contributed by atoms with E-state index in [0.717, 1.165) is 0 Å². The van der Waals surface area contributed by atoms with Gasteiger partial charge in [-0.05, 0) is 31.3 Å². The largest absolute Gasteiger partial charge is 0.165 e. The van der Waals surface area contributed by atoms with E-state index in [-0.39, 0.29) is 0 Å². The average Bonchev–Trinajstić information content (AvgIpc) is 1.89. The molecule has 0 aromatic rings. The summed E-state index contributed by atoms with van der Waals surface area (Å²) in [5.74, 6) is 1.30. The lowest BCUT2D eigenvalue weighted by molar-refractivity contribution is 0.965. The minimum atomic E-state index is 1.18. The topological polar surface area (TPSA) is 0 Å². The van der Waals surface area contributed by atoms with Crippen molar-refractivity contribution in [2.45, 2.75) is 26.2 Å². The first-order valence-corrected chi connectivity index (χ1v) is 4.95. The average molecular weight is 144 g/mol. The zero-order valence-corrected chi connectivity index (χ0v) is 7.21. The molecule has 0 aromatic heterocycles. The Morgan fingerprint density at radius 3 is 2.67 bits per heavy atom. The van der Waals surface area contributed by atoms with E-state index in [2.05, 4.69) is 25.3 Å². The molecule has 0 aliphatic carbocycles. The van der Waals surface area contributed by atoms with Crippen molar-refractivity contribution in [2.24, 2.45) is 0 Å². The highest BCUT2D eigenvalue weighted by molar-refractivity contribution is 7.98. The van der Waals surface area contributed by atoms with E-state index in [1.54, 1.807) is 0 Å². The lowest BCUT2D eigenvalue weighted by Gasteiger charge is -1.89. The third-order valence-corrected chi connectivity index (χ3v) is 1.82. The third kappa shape index (κ3) is 8.09. The van der Waals surface area contributed by atoms with Crippen LogP contribution < -0.4 is 0 Å². The van der Waals surface area contributed by atoms with Crippen LogP contribution in [0.25, 0.3) is 0 Å². The Hall–Kier alpha value is 0.0900. The minimum absolute atomic E-state index is 1.18. The molecule has 1 heteroatoms. The second kappa shape index (κ2) is 8.09. The molecule has 0 N–H and O–H groups in total. The minimum Gasteiger partial charge on any atom is -0.165 e. The van der Waals surface area contributed by atoms with Gasteiger partial charge in [0, 0.05) is 0 Å². The van der Waals surface area contributed by atoms with E-state index in [4.69, 9.17) is 0 Å². The van der Waals surface area contributed by atoms with Gasteiger partial charge in [0.1, 0.15) is 0 Å². The van der Waals surface area contributed by atoms with Gasteiger partial charge in [0.25, 0.3) is 0 Å². The van der Waals surface area contributed by atoms with Crippen LogP contribution in [0, 0.1) is 0 Å². The fraction of sp³-hybridized carbons (Fsp3) is 0.750. The molecule has 0 unspecified atom stereocenters. The van der Waals surface area contributed by atoms with Crippen LogP contribution in [0.1, 0.15) is 26.2 Å². The molecule has 0 amide bonds. The van der Waals surface area contributed by atoms with E-state index in [1.165, 1.54) is 25.0 Å². The fourth-order valence-corrected chi connectivity index (χ4v) is 1.09. The van der Waals surface area contributed by atoms with E-state index >= 15 is 0 Å². The fourth-order valence-electron chi connectivity index (χ4n) is 0.630. The zero-order valence-electron chi connectivity index (χ0n) is 6.39. The van der Waals surface area contributed by atoms with Crippen LogP contribution in [0.5, 0.6) is 0 Å². The van der Waals surface area contributed by atoms with Crippen molar-refractivity contribution in [1.82, 2.24) is 0 Å². The van der Waals surface area contributed by atoms with Gasteiger partial charge in [0.15, 0.2) is 0 Å². The second-order valence-electron chi connectivity index (χ2n) is 2.01. The molecule has 0 heterocycles. The Morgan fingerprint density at radius 1 is 1.33 bits per heavy atom. The number of thioether (sulfide) groups is 1. The summed E-state index contributed by atoms with van der Waals surface area (Å²) in [6.07, 6.45) is 10.4. The molecule has 54 valence electrons. The smallest absolute Gasteiger partial charge is 0.00674 e. The summed E-state index contributed by atoms with van der Waals surface area (Å²) in [4.78, 5) is 0. The molecule has 0 atom stereocenters. The van der Waals surface area contributed by atoms with E-state index < -0.39 is 0 Å². The van der Waals surface area contributed by atoms with Crippen LogP contribution in [-0.4, -0.2) is 12.0 Å². The van der Waals surface area contributed by atoms with Crippen molar-refractivity contribution in [1.29, 1.82) is 0 Å². The van der Waals surface area contributed by atoms with E-state index in [0.29, 0.717) is 0 Å². The van der Waals surface area contributed by atoms with E-state index in [1.807, 2.05) is 11.8 Å². The summed E-state index contributed by atoms with van der Waals surface area (Å²) < 4.78 is 0. The molecule has 0 aliphatic rings. The van der Waals surface area contributed by atoms with Gasteiger partial charge in [-0.15, -0.1) is 0 Å². The van der Waals surface area contributed by atoms with Crippen LogP contribution in [0.2, 0.25) is 0 Å². The van der Waals surface area contributed by atoms with Gasteiger partial charge in [0.05, 0.1) is 0 Å². The van der Waals surface area contributed by atoms with E-state index in [9.17, 15) is 0 Å². The summed E-state index contributed by atoms with van der Waals surface area (Å²) in [5, 5.41) is 0. The Bertz CT molecular complexity index is 67.0. The molecule has 0 fully saturated rings. The maximum atomic E-state index is 2.27. The molecule has 0 aliphatic heterocycles. The molecule has 0 nitrogen and oxygen atoms in total. The molecule has 9 heavy (non-hydrogen) atoms. The Morgan fingerprint density at radius 2 is 2.11 bits per heavy atom. The van der Waals surface area contributed by atoms with Gasteiger partial charge in [-0.2, -0.15) is 11.8 Å². The first kappa shape index (κ1) is 9.09. The molecular weight excluding hydrogens is 128 g/mol. The lowest BCUT2D eigenvalue weighted by atomic mass is 10.3. The van der Waals surface area contributed by atoms with Gasteiger partial charge in [-0.3, -0.25) is 0 Å². The monoisotopic (exact) mass is 144 g/mol. The summed E-state index contributed by atoms with van der Waals surface area (Å²) in [5.41, 5.74) is 0. The van der Waals surface area contributed by atoms with Gasteiger partial charge in [-0.1, -0.05) is 19.1 Å². The maximum absolute atomic E-state index is 2.27. The van der Waals surface area contributed by atoms with Gasteiger partial charge in [-0.25, -0.2) is 0 Å². The number of allylic oxidation sites excluding steroid dienone is 2. The zero-order chi connectivity index (χ0) is 6.95. The maximum Gasteiger partial charge on any atom is -0.00674 e. The highest BCUT2D eigenvalue weighted by Crippen LogP contribution is 1.99. The first-order valence-electron chi connectivity index (χ1n) is 3.55. The van der Waals surface area contributed by atoms with Crippen molar-refractivity contribution >= 4 is 11.8 Å². The van der Waals surface area contributed by atoms with Crippen molar-refractivity contribution in [2.75, 3.05) is 12.0 Å². The number of rotatable bonds is 5. The Labute approximate surface area is 62.7 Å². The first-order chi connectivity index (χ1) is 4.41. The predicted molar refractivity (Wildman–Crippen MR) is 47.0 cm³/mol. The number of hydrogen-bond donors (Lipinski definition) is 0. The van der Waals surface area contributed by atoms with Crippen LogP contribution >= 0.6 is 11.8 Å². The van der Waals surface area contributed by atoms with Crippen LogP contribution in [0.3, 0.4) is 0 Å². The quantitative estimate of drug-likeness (QED) is 0.422. The van der Waals surface area contributed by atoms with Crippen molar-refractivity contribution in [3.05, 3.63) is 12.2 Å². The molecule has 0 radical (unpaired) electrons. The molecule has 0 saturated carbocycles.